The number of hydrogen-bond donors (Lipinski definition) is 2. The van der Waals surface area contributed by atoms with Gasteiger partial charge in [-0.15, -0.1) is 24.0 Å². The number of nitrogens with zero attached hydrogens (tertiary/aromatic N) is 1. The fourth-order valence-electron chi connectivity index (χ4n) is 3.94. The topological polar surface area (TPSA) is 70.6 Å². The molecule has 0 aromatic heterocycles. The van der Waals surface area contributed by atoms with Crippen molar-refractivity contribution in [1.82, 2.24) is 10.6 Å². The van der Waals surface area contributed by atoms with Gasteiger partial charge in [-0.3, -0.25) is 4.99 Å². The number of hydrogen-bond acceptors (Lipinski definition) is 3. The van der Waals surface area contributed by atoms with Crippen molar-refractivity contribution in [2.45, 2.75) is 57.9 Å². The van der Waals surface area contributed by atoms with Gasteiger partial charge in [0.1, 0.15) is 0 Å². The van der Waals surface area contributed by atoms with Crippen LogP contribution in [0.4, 0.5) is 0 Å². The maximum Gasteiger partial charge on any atom is 0.191 e. The van der Waals surface area contributed by atoms with Crippen molar-refractivity contribution >= 4 is 39.8 Å². The summed E-state index contributed by atoms with van der Waals surface area (Å²) in [6.45, 7) is 8.07. The molecule has 0 spiro atoms. The minimum atomic E-state index is -3.17. The van der Waals surface area contributed by atoms with Crippen LogP contribution in [-0.4, -0.2) is 34.2 Å². The van der Waals surface area contributed by atoms with Gasteiger partial charge in [-0.2, -0.15) is 0 Å². The van der Waals surface area contributed by atoms with E-state index in [0.29, 0.717) is 11.4 Å². The molecule has 0 amide bonds. The summed E-state index contributed by atoms with van der Waals surface area (Å²) in [5.74, 6) is 3.20. The molecule has 0 atom stereocenters. The minimum Gasteiger partial charge on any atom is -0.356 e. The molecule has 1 aliphatic rings. The van der Waals surface area contributed by atoms with Gasteiger partial charge in [-0.1, -0.05) is 26.0 Å². The normalized spacial score (nSPS) is 20.6. The molecule has 0 saturated heterocycles. The lowest BCUT2D eigenvalue weighted by molar-refractivity contribution is 0.224. The third kappa shape index (κ3) is 7.54. The first-order chi connectivity index (χ1) is 12.7. The molecule has 0 radical (unpaired) electrons. The number of sulfone groups is 1. The number of guanidine groups is 1. The molecule has 1 aromatic carbocycles. The highest BCUT2D eigenvalue weighted by Gasteiger charge is 2.23. The lowest BCUT2D eigenvalue weighted by atomic mass is 9.77. The van der Waals surface area contributed by atoms with Gasteiger partial charge in [0.2, 0.25) is 0 Å². The number of benzene rings is 1. The van der Waals surface area contributed by atoms with Gasteiger partial charge in [0, 0.05) is 26.4 Å². The summed E-state index contributed by atoms with van der Waals surface area (Å²) >= 11 is 0. The number of aryl methyl sites for hydroxylation is 1. The zero-order chi connectivity index (χ0) is 20.0. The van der Waals surface area contributed by atoms with Crippen LogP contribution >= 0.6 is 24.0 Å². The molecule has 1 saturated carbocycles. The summed E-state index contributed by atoms with van der Waals surface area (Å²) in [6.07, 6.45) is 6.50. The summed E-state index contributed by atoms with van der Waals surface area (Å²) in [5, 5.41) is 6.77. The fourth-order valence-corrected chi connectivity index (χ4v) is 4.90. The minimum absolute atomic E-state index is 0. The molecular formula is C21H36IN3O2S. The van der Waals surface area contributed by atoms with Gasteiger partial charge >= 0.3 is 0 Å². The van der Waals surface area contributed by atoms with Crippen molar-refractivity contribution in [2.75, 3.05) is 19.8 Å². The highest BCUT2D eigenvalue weighted by molar-refractivity contribution is 14.0. The van der Waals surface area contributed by atoms with E-state index in [9.17, 15) is 8.42 Å². The van der Waals surface area contributed by atoms with E-state index in [2.05, 4.69) is 29.5 Å². The molecular weight excluding hydrogens is 485 g/mol. The summed E-state index contributed by atoms with van der Waals surface area (Å²) in [7, 11) is -1.39. The van der Waals surface area contributed by atoms with Crippen LogP contribution in [0.5, 0.6) is 0 Å². The number of rotatable bonds is 6. The molecule has 0 unspecified atom stereocenters. The Morgan fingerprint density at radius 1 is 1.18 bits per heavy atom. The summed E-state index contributed by atoms with van der Waals surface area (Å²) in [6, 6.07) is 5.46. The molecule has 2 N–H and O–H groups in total. The molecule has 1 fully saturated rings. The van der Waals surface area contributed by atoms with Crippen molar-refractivity contribution in [3.63, 3.8) is 0 Å². The van der Waals surface area contributed by atoms with E-state index in [0.717, 1.165) is 41.4 Å². The average Bonchev–Trinajstić information content (AvgIpc) is 2.61. The standard InChI is InChI=1S/C21H35N3O2S.HI/c1-15(2)19-9-6-17(7-10-19)13-23-21(22-4)24-14-18-8-11-20(16(3)12-18)27(5,25)26;/h8,11-12,15,17,19H,6-7,9-10,13-14H2,1-5H3,(H2,22,23,24);1H. The van der Waals surface area contributed by atoms with Crippen molar-refractivity contribution in [1.29, 1.82) is 0 Å². The predicted octanol–water partition coefficient (Wildman–Crippen LogP) is 4.14. The highest BCUT2D eigenvalue weighted by Crippen LogP contribution is 2.32. The molecule has 1 aliphatic carbocycles. The first-order valence-corrected chi connectivity index (χ1v) is 11.8. The third-order valence-electron chi connectivity index (χ3n) is 5.71. The van der Waals surface area contributed by atoms with E-state index in [1.165, 1.54) is 31.9 Å². The summed E-state index contributed by atoms with van der Waals surface area (Å²) in [4.78, 5) is 4.70. The zero-order valence-corrected chi connectivity index (χ0v) is 20.9. The van der Waals surface area contributed by atoms with Crippen LogP contribution in [0.15, 0.2) is 28.1 Å². The van der Waals surface area contributed by atoms with Gasteiger partial charge < -0.3 is 10.6 Å². The van der Waals surface area contributed by atoms with Gasteiger partial charge in [0.25, 0.3) is 0 Å². The molecule has 0 heterocycles. The zero-order valence-electron chi connectivity index (χ0n) is 17.8. The maximum atomic E-state index is 11.7. The number of nitrogens with one attached hydrogen (secondary N) is 2. The largest absolute Gasteiger partial charge is 0.356 e. The Labute approximate surface area is 188 Å². The lowest BCUT2D eigenvalue weighted by Crippen LogP contribution is -2.40. The van der Waals surface area contributed by atoms with Crippen LogP contribution in [0, 0.1) is 24.7 Å². The molecule has 0 bridgehead atoms. The average molecular weight is 522 g/mol. The van der Waals surface area contributed by atoms with Crippen LogP contribution in [-0.2, 0) is 16.4 Å². The van der Waals surface area contributed by atoms with E-state index >= 15 is 0 Å². The molecule has 0 aliphatic heterocycles. The smallest absolute Gasteiger partial charge is 0.191 e. The Balaban J connectivity index is 0.00000392. The van der Waals surface area contributed by atoms with E-state index in [4.69, 9.17) is 0 Å². The van der Waals surface area contributed by atoms with Gasteiger partial charge in [-0.25, -0.2) is 8.42 Å². The maximum absolute atomic E-state index is 11.7. The number of aliphatic imine (C=N–C) groups is 1. The monoisotopic (exact) mass is 521 g/mol. The van der Waals surface area contributed by atoms with Crippen LogP contribution in [0.2, 0.25) is 0 Å². The second-order valence-electron chi connectivity index (χ2n) is 8.20. The van der Waals surface area contributed by atoms with Crippen LogP contribution < -0.4 is 10.6 Å². The Hall–Kier alpha value is -0.830. The molecule has 1 aromatic rings. The van der Waals surface area contributed by atoms with Gasteiger partial charge in [-0.05, 0) is 67.6 Å². The van der Waals surface area contributed by atoms with E-state index in [-0.39, 0.29) is 24.0 Å². The van der Waals surface area contributed by atoms with E-state index < -0.39 is 9.84 Å². The Morgan fingerprint density at radius 3 is 2.32 bits per heavy atom. The number of halogens is 1. The van der Waals surface area contributed by atoms with Crippen LogP contribution in [0.25, 0.3) is 0 Å². The van der Waals surface area contributed by atoms with E-state index in [1.54, 1.807) is 13.1 Å². The van der Waals surface area contributed by atoms with Crippen LogP contribution in [0.1, 0.15) is 50.7 Å². The molecule has 5 nitrogen and oxygen atoms in total. The summed E-state index contributed by atoms with van der Waals surface area (Å²) < 4.78 is 23.5. The van der Waals surface area contributed by atoms with Crippen molar-refractivity contribution in [3.05, 3.63) is 29.3 Å². The highest BCUT2D eigenvalue weighted by atomic mass is 127. The van der Waals surface area contributed by atoms with Crippen molar-refractivity contribution in [2.24, 2.45) is 22.7 Å². The predicted molar refractivity (Wildman–Crippen MR) is 128 cm³/mol. The lowest BCUT2D eigenvalue weighted by Gasteiger charge is -2.31. The fraction of sp³-hybridized carbons (Fsp3) is 0.667. The molecule has 28 heavy (non-hydrogen) atoms. The quantitative estimate of drug-likeness (QED) is 0.336. The van der Waals surface area contributed by atoms with Crippen molar-refractivity contribution < 1.29 is 8.42 Å². The van der Waals surface area contributed by atoms with E-state index in [1.807, 2.05) is 19.1 Å². The van der Waals surface area contributed by atoms with Gasteiger partial charge in [0.05, 0.1) is 4.90 Å². The Kier molecular flexibility index (Phi) is 10.2. The Morgan fingerprint density at radius 2 is 1.82 bits per heavy atom. The summed E-state index contributed by atoms with van der Waals surface area (Å²) in [5.41, 5.74) is 1.82. The first-order valence-electron chi connectivity index (χ1n) is 9.94. The second-order valence-corrected chi connectivity index (χ2v) is 10.2. The SMILES string of the molecule is CN=C(NCc1ccc(S(C)(=O)=O)c(C)c1)NCC1CCC(C(C)C)CC1.I. The molecule has 160 valence electrons. The first kappa shape index (κ1) is 25.2. The molecule has 7 heteroatoms. The van der Waals surface area contributed by atoms with Crippen molar-refractivity contribution in [3.8, 4) is 0 Å². The van der Waals surface area contributed by atoms with Gasteiger partial charge in [0.15, 0.2) is 15.8 Å². The van der Waals surface area contributed by atoms with Crippen LogP contribution in [0.3, 0.4) is 0 Å². The molecule has 2 rings (SSSR count). The second kappa shape index (κ2) is 11.4. The Bertz CT molecular complexity index is 755. The third-order valence-corrected chi connectivity index (χ3v) is 6.97.